The Kier molecular flexibility index (Phi) is 6.40. The molecule has 0 aliphatic carbocycles. The van der Waals surface area contributed by atoms with Crippen LogP contribution in [0.4, 0.5) is 0 Å². The quantitative estimate of drug-likeness (QED) is 0.232. The molecule has 2 heterocycles. The Morgan fingerprint density at radius 1 is 1.06 bits per heavy atom. The summed E-state index contributed by atoms with van der Waals surface area (Å²) in [4.78, 5) is 24.1. The lowest BCUT2D eigenvalue weighted by Gasteiger charge is -2.09. The van der Waals surface area contributed by atoms with Gasteiger partial charge in [-0.05, 0) is 46.9 Å². The Hall–Kier alpha value is -4.13. The lowest BCUT2D eigenvalue weighted by atomic mass is 10.0. The van der Waals surface area contributed by atoms with E-state index in [1.807, 2.05) is 43.7 Å². The van der Waals surface area contributed by atoms with E-state index in [9.17, 15) is 9.59 Å². The first kappa shape index (κ1) is 22.1. The number of aromatic nitrogens is 3. The number of esters is 1. The number of hydrogen-bond acceptors (Lipinski definition) is 5. The van der Waals surface area contributed by atoms with Gasteiger partial charge in [-0.25, -0.2) is 0 Å². The van der Waals surface area contributed by atoms with Crippen molar-refractivity contribution in [3.63, 3.8) is 0 Å². The number of allylic oxidation sites excluding steroid dienone is 1. The van der Waals surface area contributed by atoms with Crippen LogP contribution in [0.1, 0.15) is 23.7 Å². The second-order valence-electron chi connectivity index (χ2n) is 7.76. The summed E-state index contributed by atoms with van der Waals surface area (Å²) in [6.45, 7) is 1.96. The molecule has 0 bridgehead atoms. The van der Waals surface area contributed by atoms with Crippen molar-refractivity contribution in [3.8, 4) is 11.5 Å². The first-order valence-corrected chi connectivity index (χ1v) is 10.6. The lowest BCUT2D eigenvalue weighted by Crippen LogP contribution is -2.05. The van der Waals surface area contributed by atoms with E-state index in [0.29, 0.717) is 18.0 Å². The van der Waals surface area contributed by atoms with Crippen molar-refractivity contribution in [2.75, 3.05) is 7.11 Å². The molecule has 2 aromatic carbocycles. The number of ether oxygens (including phenoxy) is 2. The van der Waals surface area contributed by atoms with Crippen molar-refractivity contribution in [1.29, 1.82) is 0 Å². The summed E-state index contributed by atoms with van der Waals surface area (Å²) in [7, 11) is 3.40. The summed E-state index contributed by atoms with van der Waals surface area (Å²) >= 11 is 0. The fraction of sp³-hybridized carbons (Fsp3) is 0.192. The van der Waals surface area contributed by atoms with Gasteiger partial charge in [-0.15, -0.1) is 0 Å². The first-order chi connectivity index (χ1) is 15.9. The number of ketones is 1. The molecule has 0 saturated carbocycles. The molecule has 0 spiro atoms. The monoisotopic (exact) mass is 443 g/mol. The molecule has 7 nitrogen and oxygen atoms in total. The molecule has 0 fully saturated rings. The third-order valence-corrected chi connectivity index (χ3v) is 5.24. The van der Waals surface area contributed by atoms with Gasteiger partial charge in [0, 0.05) is 32.8 Å². The van der Waals surface area contributed by atoms with Crippen LogP contribution in [0.25, 0.3) is 17.0 Å². The molecular weight excluding hydrogens is 418 g/mol. The van der Waals surface area contributed by atoms with E-state index in [1.165, 1.54) is 14.0 Å². The van der Waals surface area contributed by atoms with Gasteiger partial charge in [0.15, 0.2) is 17.3 Å². The molecule has 0 saturated heterocycles. The van der Waals surface area contributed by atoms with E-state index in [-0.39, 0.29) is 12.2 Å². The zero-order valence-corrected chi connectivity index (χ0v) is 18.8. The summed E-state index contributed by atoms with van der Waals surface area (Å²) in [6.07, 6.45) is 7.47. The molecule has 0 amide bonds. The van der Waals surface area contributed by atoms with Crippen molar-refractivity contribution in [2.45, 2.75) is 19.9 Å². The van der Waals surface area contributed by atoms with Crippen molar-refractivity contribution >= 4 is 28.7 Å². The Bertz CT molecular complexity index is 1350. The van der Waals surface area contributed by atoms with Gasteiger partial charge < -0.3 is 14.0 Å². The average Bonchev–Trinajstić information content (AvgIpc) is 3.39. The Morgan fingerprint density at radius 2 is 1.91 bits per heavy atom. The number of carbonyl (C=O) groups is 2. The van der Waals surface area contributed by atoms with Gasteiger partial charge in [0.05, 0.1) is 24.9 Å². The van der Waals surface area contributed by atoms with E-state index in [0.717, 1.165) is 27.7 Å². The summed E-state index contributed by atoms with van der Waals surface area (Å²) in [6, 6.07) is 15.2. The Balaban J connectivity index is 1.54. The zero-order valence-electron chi connectivity index (χ0n) is 18.8. The van der Waals surface area contributed by atoms with Crippen LogP contribution in [0, 0.1) is 0 Å². The summed E-state index contributed by atoms with van der Waals surface area (Å²) < 4.78 is 14.3. The fourth-order valence-corrected chi connectivity index (χ4v) is 3.80. The second-order valence-corrected chi connectivity index (χ2v) is 7.76. The maximum absolute atomic E-state index is 12.8. The van der Waals surface area contributed by atoms with Crippen LogP contribution in [0.3, 0.4) is 0 Å². The molecule has 0 radical (unpaired) electrons. The van der Waals surface area contributed by atoms with Crippen LogP contribution >= 0.6 is 0 Å². The maximum atomic E-state index is 12.8. The van der Waals surface area contributed by atoms with Gasteiger partial charge in [-0.3, -0.25) is 14.3 Å². The highest BCUT2D eigenvalue weighted by Crippen LogP contribution is 2.29. The molecule has 0 N–H and O–H groups in total. The van der Waals surface area contributed by atoms with Crippen LogP contribution in [0.2, 0.25) is 0 Å². The minimum absolute atomic E-state index is 0.0297. The lowest BCUT2D eigenvalue weighted by molar-refractivity contribution is -0.132. The Labute approximate surface area is 191 Å². The van der Waals surface area contributed by atoms with Gasteiger partial charge in [-0.1, -0.05) is 30.3 Å². The molecule has 7 heteroatoms. The summed E-state index contributed by atoms with van der Waals surface area (Å²) in [5.41, 5.74) is 3.68. The smallest absolute Gasteiger partial charge is 0.308 e. The molecule has 33 heavy (non-hydrogen) atoms. The van der Waals surface area contributed by atoms with Gasteiger partial charge in [0.25, 0.3) is 0 Å². The Morgan fingerprint density at radius 3 is 2.64 bits per heavy atom. The van der Waals surface area contributed by atoms with E-state index in [4.69, 9.17) is 9.47 Å². The summed E-state index contributed by atoms with van der Waals surface area (Å²) in [5.74, 6) is 0.302. The van der Waals surface area contributed by atoms with Gasteiger partial charge in [-0.2, -0.15) is 5.10 Å². The maximum Gasteiger partial charge on any atom is 0.308 e. The normalized spacial score (nSPS) is 11.2. The molecule has 168 valence electrons. The molecule has 0 aliphatic heterocycles. The molecule has 0 unspecified atom stereocenters. The highest BCUT2D eigenvalue weighted by Gasteiger charge is 2.11. The number of carbonyl (C=O) groups excluding carboxylic acids is 2. The summed E-state index contributed by atoms with van der Waals surface area (Å²) in [5, 5.41) is 5.55. The van der Waals surface area contributed by atoms with E-state index < -0.39 is 5.97 Å². The number of nitrogens with zero attached hydrogens (tertiary/aromatic N) is 3. The third-order valence-electron chi connectivity index (χ3n) is 5.24. The van der Waals surface area contributed by atoms with Crippen molar-refractivity contribution in [2.24, 2.45) is 7.05 Å². The highest BCUT2D eigenvalue weighted by molar-refractivity contribution is 5.97. The SMILES string of the molecule is COc1ccc(/C=C/C(=O)Cc2cccc3ccn(Cc4ccn(C)n4)c23)cc1OC(C)=O. The molecule has 2 aromatic heterocycles. The number of fused-ring (bicyclic) bond motifs is 1. The minimum Gasteiger partial charge on any atom is -0.493 e. The molecule has 4 aromatic rings. The van der Waals surface area contributed by atoms with Crippen molar-refractivity contribution in [3.05, 3.63) is 83.8 Å². The second kappa shape index (κ2) is 9.56. The zero-order chi connectivity index (χ0) is 23.4. The molecule has 4 rings (SSSR count). The van der Waals surface area contributed by atoms with E-state index in [1.54, 1.807) is 35.0 Å². The minimum atomic E-state index is -0.438. The van der Waals surface area contributed by atoms with Crippen LogP contribution in [0.5, 0.6) is 11.5 Å². The number of rotatable bonds is 8. The van der Waals surface area contributed by atoms with Crippen LogP contribution in [0.15, 0.2) is 67.0 Å². The molecule has 0 aliphatic rings. The fourth-order valence-electron chi connectivity index (χ4n) is 3.80. The number of para-hydroxylation sites is 1. The third kappa shape index (κ3) is 5.20. The average molecular weight is 444 g/mol. The largest absolute Gasteiger partial charge is 0.493 e. The van der Waals surface area contributed by atoms with Crippen LogP contribution in [-0.4, -0.2) is 33.2 Å². The topological polar surface area (TPSA) is 75.3 Å². The number of hydrogen-bond donors (Lipinski definition) is 0. The standard InChI is InChI=1S/C26H25N3O4/c1-18(30)33-25-15-19(8-10-24(25)32-3)7-9-23(31)16-21-6-4-5-20-11-14-29(26(20)21)17-22-12-13-28(2)27-22/h4-15H,16-17H2,1-3H3/b9-7+. The van der Waals surface area contributed by atoms with Crippen molar-refractivity contribution < 1.29 is 19.1 Å². The van der Waals surface area contributed by atoms with E-state index >= 15 is 0 Å². The molecular formula is C26H25N3O4. The molecule has 0 atom stereocenters. The van der Waals surface area contributed by atoms with Crippen LogP contribution in [-0.2, 0) is 29.6 Å². The first-order valence-electron chi connectivity index (χ1n) is 10.6. The number of methoxy groups -OCH3 is 1. The van der Waals surface area contributed by atoms with Gasteiger partial charge in [0.2, 0.25) is 0 Å². The highest BCUT2D eigenvalue weighted by atomic mass is 16.6. The predicted octanol–water partition coefficient (Wildman–Crippen LogP) is 4.18. The van der Waals surface area contributed by atoms with Crippen LogP contribution < -0.4 is 9.47 Å². The predicted molar refractivity (Wildman–Crippen MR) is 126 cm³/mol. The number of benzene rings is 2. The number of aryl methyl sites for hydroxylation is 1. The van der Waals surface area contributed by atoms with E-state index in [2.05, 4.69) is 15.7 Å². The van der Waals surface area contributed by atoms with Gasteiger partial charge in [0.1, 0.15) is 0 Å². The van der Waals surface area contributed by atoms with Gasteiger partial charge >= 0.3 is 5.97 Å². The van der Waals surface area contributed by atoms with Crippen molar-refractivity contribution in [1.82, 2.24) is 14.3 Å².